The van der Waals surface area contributed by atoms with Crippen molar-refractivity contribution in [2.75, 3.05) is 13.2 Å². The quantitative estimate of drug-likeness (QED) is 0.395. The average Bonchev–Trinajstić information content (AvgIpc) is 2.22. The first-order valence-corrected chi connectivity index (χ1v) is 5.17. The number of amides is 1. The third-order valence-electron chi connectivity index (χ3n) is 1.80. The number of nitrogens with one attached hydrogen (secondary N) is 1. The first-order chi connectivity index (χ1) is 7.07. The van der Waals surface area contributed by atoms with Gasteiger partial charge in [-0.1, -0.05) is 13.5 Å². The summed E-state index contributed by atoms with van der Waals surface area (Å²) in [6.45, 7) is 7.92. The molecular weight excluding hydrogens is 194 g/mol. The molecule has 1 N–H and O–H groups in total. The van der Waals surface area contributed by atoms with E-state index in [0.29, 0.717) is 25.1 Å². The second kappa shape index (κ2) is 8.03. The molecule has 0 aliphatic rings. The number of carbonyl (C=O) groups excluding carboxylic acids is 2. The zero-order chi connectivity index (χ0) is 11.7. The number of hydrogen-bond donors (Lipinski definition) is 1. The molecule has 1 amide bonds. The molecule has 0 heterocycles. The molecule has 0 bridgehead atoms. The van der Waals surface area contributed by atoms with Crippen molar-refractivity contribution in [3.63, 3.8) is 0 Å². The first kappa shape index (κ1) is 13.7. The summed E-state index contributed by atoms with van der Waals surface area (Å²) in [5, 5.41) is 2.75. The third kappa shape index (κ3) is 7.73. The number of hydrogen-bond acceptors (Lipinski definition) is 3. The van der Waals surface area contributed by atoms with E-state index in [1.165, 1.54) is 0 Å². The van der Waals surface area contributed by atoms with Crippen molar-refractivity contribution >= 4 is 11.9 Å². The molecule has 0 unspecified atom stereocenters. The Balaban J connectivity index is 3.29. The lowest BCUT2D eigenvalue weighted by Gasteiger charge is -2.05. The second-order valence-electron chi connectivity index (χ2n) is 3.33. The normalized spacial score (nSPS) is 9.47. The van der Waals surface area contributed by atoms with E-state index in [4.69, 9.17) is 4.74 Å². The molecule has 0 rings (SSSR count). The van der Waals surface area contributed by atoms with Gasteiger partial charge < -0.3 is 10.1 Å². The number of esters is 1. The molecule has 0 aromatic carbocycles. The van der Waals surface area contributed by atoms with Crippen molar-refractivity contribution in [1.82, 2.24) is 5.32 Å². The van der Waals surface area contributed by atoms with Crippen LogP contribution in [-0.2, 0) is 14.3 Å². The number of carbonyl (C=O) groups is 2. The Labute approximate surface area is 90.7 Å². The summed E-state index contributed by atoms with van der Waals surface area (Å²) in [5.41, 5.74) is 0.411. The maximum atomic E-state index is 10.9. The molecule has 0 radical (unpaired) electrons. The van der Waals surface area contributed by atoms with E-state index in [9.17, 15) is 9.59 Å². The van der Waals surface area contributed by atoms with Gasteiger partial charge in [0.1, 0.15) is 0 Å². The Morgan fingerprint density at radius 1 is 1.33 bits per heavy atom. The van der Waals surface area contributed by atoms with Crippen LogP contribution in [0.2, 0.25) is 0 Å². The molecule has 0 aliphatic carbocycles. The van der Waals surface area contributed by atoms with Crippen LogP contribution >= 0.6 is 0 Å². The van der Waals surface area contributed by atoms with E-state index in [1.54, 1.807) is 6.92 Å². The second-order valence-corrected chi connectivity index (χ2v) is 3.33. The van der Waals surface area contributed by atoms with Crippen LogP contribution in [-0.4, -0.2) is 25.0 Å². The molecule has 4 nitrogen and oxygen atoms in total. The zero-order valence-electron chi connectivity index (χ0n) is 9.47. The van der Waals surface area contributed by atoms with Gasteiger partial charge in [-0.2, -0.15) is 0 Å². The fourth-order valence-electron chi connectivity index (χ4n) is 0.868. The van der Waals surface area contributed by atoms with Crippen LogP contribution in [0.4, 0.5) is 0 Å². The molecule has 0 aromatic rings. The molecule has 0 saturated heterocycles. The van der Waals surface area contributed by atoms with E-state index in [0.717, 1.165) is 12.8 Å². The van der Waals surface area contributed by atoms with Crippen LogP contribution in [0, 0.1) is 0 Å². The monoisotopic (exact) mass is 213 g/mol. The predicted molar refractivity (Wildman–Crippen MR) is 58.3 cm³/mol. The predicted octanol–water partition coefficient (Wildman–Crippen LogP) is 1.41. The molecule has 0 atom stereocenters. The smallest absolute Gasteiger partial charge is 0.333 e. The van der Waals surface area contributed by atoms with E-state index in [1.807, 2.05) is 6.92 Å². The van der Waals surface area contributed by atoms with Crippen molar-refractivity contribution in [1.29, 1.82) is 0 Å². The summed E-state index contributed by atoms with van der Waals surface area (Å²) < 4.78 is 4.89. The molecule has 0 saturated carbocycles. The largest absolute Gasteiger partial charge is 0.462 e. The Hall–Kier alpha value is -1.32. The number of unbranched alkanes of at least 4 members (excludes halogenated alkanes) is 1. The van der Waals surface area contributed by atoms with Crippen LogP contribution in [0.3, 0.4) is 0 Å². The van der Waals surface area contributed by atoms with Gasteiger partial charge in [0.15, 0.2) is 0 Å². The standard InChI is InChI=1S/C11H19NO3/c1-4-10(13)12-7-5-6-8-15-11(14)9(2)3/h2,4-8H2,1,3H3,(H,12,13). The molecule has 0 aromatic heterocycles. The first-order valence-electron chi connectivity index (χ1n) is 5.17. The Morgan fingerprint density at radius 3 is 2.53 bits per heavy atom. The average molecular weight is 213 g/mol. The molecule has 4 heteroatoms. The zero-order valence-corrected chi connectivity index (χ0v) is 9.47. The van der Waals surface area contributed by atoms with E-state index in [2.05, 4.69) is 11.9 Å². The lowest BCUT2D eigenvalue weighted by atomic mass is 10.3. The highest BCUT2D eigenvalue weighted by Crippen LogP contribution is 1.95. The fraction of sp³-hybridized carbons (Fsp3) is 0.636. The van der Waals surface area contributed by atoms with Crippen LogP contribution in [0.25, 0.3) is 0 Å². The highest BCUT2D eigenvalue weighted by Gasteiger charge is 2.01. The van der Waals surface area contributed by atoms with E-state index < -0.39 is 0 Å². The van der Waals surface area contributed by atoms with Gasteiger partial charge in [0, 0.05) is 18.5 Å². The van der Waals surface area contributed by atoms with Crippen LogP contribution in [0.1, 0.15) is 33.1 Å². The Bertz CT molecular complexity index is 236. The summed E-state index contributed by atoms with van der Waals surface area (Å²) in [7, 11) is 0. The van der Waals surface area contributed by atoms with Gasteiger partial charge in [0.25, 0.3) is 0 Å². The topological polar surface area (TPSA) is 55.4 Å². The summed E-state index contributed by atoms with van der Waals surface area (Å²) in [6, 6.07) is 0. The lowest BCUT2D eigenvalue weighted by Crippen LogP contribution is -2.23. The molecule has 15 heavy (non-hydrogen) atoms. The Morgan fingerprint density at radius 2 is 2.00 bits per heavy atom. The minimum atomic E-state index is -0.354. The van der Waals surface area contributed by atoms with Crippen LogP contribution in [0.5, 0.6) is 0 Å². The van der Waals surface area contributed by atoms with Gasteiger partial charge in [-0.15, -0.1) is 0 Å². The van der Waals surface area contributed by atoms with Gasteiger partial charge in [0.05, 0.1) is 6.61 Å². The van der Waals surface area contributed by atoms with Crippen molar-refractivity contribution in [3.05, 3.63) is 12.2 Å². The minimum Gasteiger partial charge on any atom is -0.462 e. The molecular formula is C11H19NO3. The fourth-order valence-corrected chi connectivity index (χ4v) is 0.868. The maximum absolute atomic E-state index is 10.9. The highest BCUT2D eigenvalue weighted by molar-refractivity contribution is 5.86. The van der Waals surface area contributed by atoms with Gasteiger partial charge >= 0.3 is 5.97 Å². The maximum Gasteiger partial charge on any atom is 0.333 e. The minimum absolute atomic E-state index is 0.0499. The van der Waals surface area contributed by atoms with Crippen molar-refractivity contribution in [2.45, 2.75) is 33.1 Å². The van der Waals surface area contributed by atoms with Crippen LogP contribution < -0.4 is 5.32 Å². The molecule has 0 aliphatic heterocycles. The summed E-state index contributed by atoms with van der Waals surface area (Å²) in [6.07, 6.45) is 2.07. The van der Waals surface area contributed by atoms with Gasteiger partial charge in [-0.25, -0.2) is 4.79 Å². The highest BCUT2D eigenvalue weighted by atomic mass is 16.5. The van der Waals surface area contributed by atoms with Crippen molar-refractivity contribution < 1.29 is 14.3 Å². The van der Waals surface area contributed by atoms with Crippen molar-refractivity contribution in [2.24, 2.45) is 0 Å². The SMILES string of the molecule is C=C(C)C(=O)OCCCCNC(=O)CC. The summed E-state index contributed by atoms with van der Waals surface area (Å²) in [5.74, 6) is -0.304. The molecule has 0 spiro atoms. The molecule has 86 valence electrons. The third-order valence-corrected chi connectivity index (χ3v) is 1.80. The summed E-state index contributed by atoms with van der Waals surface area (Å²) >= 11 is 0. The number of rotatable bonds is 7. The molecule has 0 fully saturated rings. The van der Waals surface area contributed by atoms with Crippen LogP contribution in [0.15, 0.2) is 12.2 Å². The van der Waals surface area contributed by atoms with Crippen molar-refractivity contribution in [3.8, 4) is 0 Å². The van der Waals surface area contributed by atoms with Gasteiger partial charge in [-0.3, -0.25) is 4.79 Å². The van der Waals surface area contributed by atoms with E-state index >= 15 is 0 Å². The number of ether oxygens (including phenoxy) is 1. The van der Waals surface area contributed by atoms with Gasteiger partial charge in [-0.05, 0) is 19.8 Å². The van der Waals surface area contributed by atoms with E-state index in [-0.39, 0.29) is 11.9 Å². The lowest BCUT2D eigenvalue weighted by molar-refractivity contribution is -0.139. The Kier molecular flexibility index (Phi) is 7.32. The summed E-state index contributed by atoms with van der Waals surface area (Å²) in [4.78, 5) is 21.8. The van der Waals surface area contributed by atoms with Gasteiger partial charge in [0.2, 0.25) is 5.91 Å².